The van der Waals surface area contributed by atoms with E-state index in [1.807, 2.05) is 12.1 Å². The van der Waals surface area contributed by atoms with E-state index in [2.05, 4.69) is 55.1 Å². The van der Waals surface area contributed by atoms with Crippen LogP contribution >= 0.6 is 38.5 Å². The molecule has 2 rings (SSSR count). The van der Waals surface area contributed by atoms with Crippen molar-refractivity contribution in [3.8, 4) is 0 Å². The van der Waals surface area contributed by atoms with Crippen LogP contribution in [-0.4, -0.2) is 28.0 Å². The number of aldehydes is 1. The van der Waals surface area contributed by atoms with E-state index in [0.29, 0.717) is 11.8 Å². The molecule has 0 aliphatic rings. The molecule has 0 saturated carbocycles. The van der Waals surface area contributed by atoms with Crippen molar-refractivity contribution in [1.82, 2.24) is 9.97 Å². The second-order valence-corrected chi connectivity index (χ2v) is 5.70. The standard InChI is InChI=1S/C8H6FNO.C5H3BrIN.C3H6O/c9-8-4-3-7(6-10-8)2-1-5-11;6-4-1-2-5(7)8-3-4;1-2-3-4/h1-6H;1-3H;2,4H,1,3H2/b2-1+;;. The van der Waals surface area contributed by atoms with E-state index in [4.69, 9.17) is 5.11 Å². The minimum absolute atomic E-state index is 0.0833. The van der Waals surface area contributed by atoms with Gasteiger partial charge in [0, 0.05) is 16.9 Å². The van der Waals surface area contributed by atoms with Crippen molar-refractivity contribution in [3.05, 3.63) is 75.1 Å². The first-order valence-corrected chi connectivity index (χ1v) is 8.12. The molecule has 2 heterocycles. The van der Waals surface area contributed by atoms with E-state index in [1.165, 1.54) is 24.4 Å². The number of halogens is 3. The van der Waals surface area contributed by atoms with E-state index >= 15 is 0 Å². The normalized spacial score (nSPS) is 9.22. The highest BCUT2D eigenvalue weighted by molar-refractivity contribution is 14.1. The minimum Gasteiger partial charge on any atom is -0.392 e. The van der Waals surface area contributed by atoms with Gasteiger partial charge < -0.3 is 5.11 Å². The van der Waals surface area contributed by atoms with E-state index in [1.54, 1.807) is 18.3 Å². The quantitative estimate of drug-likeness (QED) is 0.231. The number of pyridine rings is 2. The molecule has 4 nitrogen and oxygen atoms in total. The van der Waals surface area contributed by atoms with Gasteiger partial charge in [0.2, 0.25) is 5.95 Å². The second-order valence-electron chi connectivity index (χ2n) is 3.68. The van der Waals surface area contributed by atoms with Crippen LogP contribution in [0.15, 0.2) is 59.9 Å². The Morgan fingerprint density at radius 3 is 2.35 bits per heavy atom. The molecule has 0 aromatic carbocycles. The highest BCUT2D eigenvalue weighted by atomic mass is 127. The van der Waals surface area contributed by atoms with Crippen LogP contribution in [-0.2, 0) is 4.79 Å². The summed E-state index contributed by atoms with van der Waals surface area (Å²) in [4.78, 5) is 17.3. The SMILES string of the molecule is Brc1ccc(I)nc1.C=CCO.O=C/C=C/c1ccc(F)nc1. The molecule has 122 valence electrons. The smallest absolute Gasteiger partial charge is 0.212 e. The zero-order valence-electron chi connectivity index (χ0n) is 12.1. The highest BCUT2D eigenvalue weighted by Gasteiger charge is 1.88. The predicted molar refractivity (Wildman–Crippen MR) is 101 cm³/mol. The molecule has 7 heteroatoms. The molecular weight excluding hydrogens is 478 g/mol. The summed E-state index contributed by atoms with van der Waals surface area (Å²) < 4.78 is 14.2. The summed E-state index contributed by atoms with van der Waals surface area (Å²) in [6.07, 6.45) is 8.11. The van der Waals surface area contributed by atoms with E-state index in [0.717, 1.165) is 8.17 Å². The van der Waals surface area contributed by atoms with Crippen molar-refractivity contribution in [2.45, 2.75) is 0 Å². The molecule has 0 atom stereocenters. The Hall–Kier alpha value is -1.45. The molecule has 23 heavy (non-hydrogen) atoms. The van der Waals surface area contributed by atoms with Gasteiger partial charge in [-0.05, 0) is 74.4 Å². The number of aliphatic hydroxyl groups is 1. The number of aromatic nitrogens is 2. The van der Waals surface area contributed by atoms with Crippen molar-refractivity contribution in [2.75, 3.05) is 6.61 Å². The lowest BCUT2D eigenvalue weighted by Gasteiger charge is -1.89. The summed E-state index contributed by atoms with van der Waals surface area (Å²) in [7, 11) is 0. The van der Waals surface area contributed by atoms with Crippen LogP contribution in [0.2, 0.25) is 0 Å². The third-order valence-corrected chi connectivity index (χ3v) is 3.05. The average Bonchev–Trinajstić information content (AvgIpc) is 2.58. The molecule has 0 unspecified atom stereocenters. The zero-order valence-corrected chi connectivity index (χ0v) is 15.8. The van der Waals surface area contributed by atoms with Crippen LogP contribution in [0.4, 0.5) is 4.39 Å². The molecular formula is C16H15BrFIN2O2. The Morgan fingerprint density at radius 2 is 1.96 bits per heavy atom. The van der Waals surface area contributed by atoms with E-state index < -0.39 is 5.95 Å². The molecule has 0 radical (unpaired) electrons. The fourth-order valence-corrected chi connectivity index (χ4v) is 1.55. The summed E-state index contributed by atoms with van der Waals surface area (Å²) in [5.41, 5.74) is 0.707. The number of carbonyl (C=O) groups excluding carboxylic acids is 1. The van der Waals surface area contributed by atoms with Crippen molar-refractivity contribution in [2.24, 2.45) is 0 Å². The van der Waals surface area contributed by atoms with Crippen molar-refractivity contribution >= 4 is 50.9 Å². The minimum atomic E-state index is -0.520. The van der Waals surface area contributed by atoms with Crippen molar-refractivity contribution in [3.63, 3.8) is 0 Å². The lowest BCUT2D eigenvalue weighted by atomic mass is 10.3. The van der Waals surface area contributed by atoms with Gasteiger partial charge in [-0.25, -0.2) is 9.97 Å². The Kier molecular flexibility index (Phi) is 13.3. The summed E-state index contributed by atoms with van der Waals surface area (Å²) in [6.45, 7) is 3.31. The molecule has 1 N–H and O–H groups in total. The molecule has 0 amide bonds. The molecule has 2 aromatic rings. The Bertz CT molecular complexity index is 583. The lowest BCUT2D eigenvalue weighted by Crippen LogP contribution is -1.80. The van der Waals surface area contributed by atoms with Crippen LogP contribution < -0.4 is 0 Å². The van der Waals surface area contributed by atoms with Crippen LogP contribution in [0.5, 0.6) is 0 Å². The molecule has 0 spiro atoms. The molecule has 0 fully saturated rings. The summed E-state index contributed by atoms with van der Waals surface area (Å²) in [6, 6.07) is 6.70. The third-order valence-electron chi connectivity index (χ3n) is 1.94. The van der Waals surface area contributed by atoms with Gasteiger partial charge in [-0.3, -0.25) is 4.79 Å². The summed E-state index contributed by atoms with van der Waals surface area (Å²) in [5, 5.41) is 7.76. The van der Waals surface area contributed by atoms with Gasteiger partial charge >= 0.3 is 0 Å². The van der Waals surface area contributed by atoms with Crippen molar-refractivity contribution in [1.29, 1.82) is 0 Å². The fraction of sp³-hybridized carbons (Fsp3) is 0.0625. The van der Waals surface area contributed by atoms with Gasteiger partial charge in [0.25, 0.3) is 0 Å². The van der Waals surface area contributed by atoms with Crippen LogP contribution in [0.1, 0.15) is 5.56 Å². The van der Waals surface area contributed by atoms with E-state index in [9.17, 15) is 9.18 Å². The van der Waals surface area contributed by atoms with Crippen LogP contribution in [0.3, 0.4) is 0 Å². The molecule has 0 aliphatic heterocycles. The maximum Gasteiger partial charge on any atom is 0.212 e. The zero-order chi connectivity index (χ0) is 17.5. The first-order valence-electron chi connectivity index (χ1n) is 6.25. The average molecular weight is 493 g/mol. The molecule has 0 aliphatic carbocycles. The number of hydrogen-bond donors (Lipinski definition) is 1. The molecule has 2 aromatic heterocycles. The number of carbonyl (C=O) groups is 1. The first kappa shape index (κ1) is 21.6. The number of aliphatic hydroxyl groups excluding tert-OH is 1. The maximum atomic E-state index is 12.2. The van der Waals surface area contributed by atoms with Gasteiger partial charge in [0.1, 0.15) is 9.99 Å². The predicted octanol–water partition coefficient (Wildman–Crippen LogP) is 4.05. The van der Waals surface area contributed by atoms with Gasteiger partial charge in [0.15, 0.2) is 0 Å². The lowest BCUT2D eigenvalue weighted by molar-refractivity contribution is -0.104. The van der Waals surface area contributed by atoms with Crippen LogP contribution in [0, 0.1) is 9.65 Å². The second kappa shape index (κ2) is 14.2. The number of hydrogen-bond acceptors (Lipinski definition) is 4. The fourth-order valence-electron chi connectivity index (χ4n) is 0.994. The van der Waals surface area contributed by atoms with Crippen molar-refractivity contribution < 1.29 is 14.3 Å². The highest BCUT2D eigenvalue weighted by Crippen LogP contribution is 2.07. The number of rotatable bonds is 3. The third kappa shape index (κ3) is 12.8. The first-order chi connectivity index (χ1) is 11.0. The maximum absolute atomic E-state index is 12.2. The Labute approximate surface area is 156 Å². The van der Waals surface area contributed by atoms with Gasteiger partial charge in [-0.15, -0.1) is 6.58 Å². The Morgan fingerprint density at radius 1 is 1.26 bits per heavy atom. The van der Waals surface area contributed by atoms with Gasteiger partial charge in [0.05, 0.1) is 6.61 Å². The van der Waals surface area contributed by atoms with E-state index in [-0.39, 0.29) is 6.61 Å². The molecule has 0 saturated heterocycles. The van der Waals surface area contributed by atoms with Gasteiger partial charge in [-0.1, -0.05) is 12.2 Å². The van der Waals surface area contributed by atoms with Gasteiger partial charge in [-0.2, -0.15) is 4.39 Å². The molecule has 0 bridgehead atoms. The Balaban J connectivity index is 0.000000354. The number of allylic oxidation sites excluding steroid dienone is 1. The number of nitrogens with zero attached hydrogens (tertiary/aromatic N) is 2. The monoisotopic (exact) mass is 492 g/mol. The largest absolute Gasteiger partial charge is 0.392 e. The van der Waals surface area contributed by atoms with Crippen LogP contribution in [0.25, 0.3) is 6.08 Å². The topological polar surface area (TPSA) is 63.1 Å². The summed E-state index contributed by atoms with van der Waals surface area (Å²) >= 11 is 5.44. The summed E-state index contributed by atoms with van der Waals surface area (Å²) in [5.74, 6) is -0.520.